The van der Waals surface area contributed by atoms with Crippen LogP contribution in [0.2, 0.25) is 0 Å². The van der Waals surface area contributed by atoms with Crippen LogP contribution in [-0.2, 0) is 6.54 Å². The molecule has 0 unspecified atom stereocenters. The number of thiazole rings is 1. The summed E-state index contributed by atoms with van der Waals surface area (Å²) in [5.41, 5.74) is 9.74. The number of nitrogens with two attached hydrogens (primary N) is 1. The number of carbonyl (C=O) groups excluding carboxylic acids is 1. The number of urea groups is 1. The molecule has 1 heterocycles. The van der Waals surface area contributed by atoms with Crippen molar-refractivity contribution in [2.24, 2.45) is 0 Å². The van der Waals surface area contributed by atoms with Crippen LogP contribution in [0.15, 0.2) is 29.8 Å². The SMILES string of the molecule is Cc1ncsc1CN(C)C(=O)Nc1cccc(N)c1. The number of nitrogen functional groups attached to an aromatic ring is 1. The molecule has 1 aromatic heterocycles. The summed E-state index contributed by atoms with van der Waals surface area (Å²) in [5.74, 6) is 0. The molecule has 19 heavy (non-hydrogen) atoms. The zero-order valence-electron chi connectivity index (χ0n) is 10.9. The maximum atomic E-state index is 12.0. The van der Waals surface area contributed by atoms with E-state index < -0.39 is 0 Å². The monoisotopic (exact) mass is 276 g/mol. The number of rotatable bonds is 3. The summed E-state index contributed by atoms with van der Waals surface area (Å²) in [6.07, 6.45) is 0. The van der Waals surface area contributed by atoms with Crippen LogP contribution in [-0.4, -0.2) is 23.0 Å². The van der Waals surface area contributed by atoms with E-state index in [1.807, 2.05) is 6.92 Å². The first-order valence-electron chi connectivity index (χ1n) is 5.83. The molecule has 3 N–H and O–H groups in total. The molecule has 1 aromatic carbocycles. The first kappa shape index (κ1) is 13.4. The lowest BCUT2D eigenvalue weighted by molar-refractivity contribution is 0.221. The first-order valence-corrected chi connectivity index (χ1v) is 6.71. The minimum absolute atomic E-state index is 0.168. The Morgan fingerprint density at radius 1 is 1.53 bits per heavy atom. The highest BCUT2D eigenvalue weighted by Gasteiger charge is 2.12. The van der Waals surface area contributed by atoms with E-state index in [1.54, 1.807) is 53.1 Å². The van der Waals surface area contributed by atoms with Gasteiger partial charge in [-0.2, -0.15) is 0 Å². The number of hydrogen-bond donors (Lipinski definition) is 2. The lowest BCUT2D eigenvalue weighted by Gasteiger charge is -2.17. The van der Waals surface area contributed by atoms with Crippen molar-refractivity contribution < 1.29 is 4.79 Å². The van der Waals surface area contributed by atoms with Crippen molar-refractivity contribution in [3.8, 4) is 0 Å². The average molecular weight is 276 g/mol. The second-order valence-electron chi connectivity index (χ2n) is 4.27. The van der Waals surface area contributed by atoms with E-state index in [4.69, 9.17) is 5.73 Å². The Bertz CT molecular complexity index is 582. The van der Waals surface area contributed by atoms with Gasteiger partial charge in [0.1, 0.15) is 0 Å². The molecule has 0 saturated carbocycles. The normalized spacial score (nSPS) is 10.2. The van der Waals surface area contributed by atoms with E-state index in [2.05, 4.69) is 10.3 Å². The van der Waals surface area contributed by atoms with Gasteiger partial charge in [-0.25, -0.2) is 9.78 Å². The molecule has 0 fully saturated rings. The summed E-state index contributed by atoms with van der Waals surface area (Å²) in [7, 11) is 1.75. The van der Waals surface area contributed by atoms with Crippen LogP contribution in [0.3, 0.4) is 0 Å². The van der Waals surface area contributed by atoms with Gasteiger partial charge in [0.05, 0.1) is 17.7 Å². The molecule has 6 heteroatoms. The van der Waals surface area contributed by atoms with Crippen molar-refractivity contribution in [2.45, 2.75) is 13.5 Å². The van der Waals surface area contributed by atoms with Crippen LogP contribution < -0.4 is 11.1 Å². The van der Waals surface area contributed by atoms with Crippen molar-refractivity contribution in [2.75, 3.05) is 18.1 Å². The Labute approximate surface area is 116 Å². The Kier molecular flexibility index (Phi) is 4.01. The lowest BCUT2D eigenvalue weighted by atomic mass is 10.3. The van der Waals surface area contributed by atoms with Gasteiger partial charge in [0.25, 0.3) is 0 Å². The van der Waals surface area contributed by atoms with Crippen LogP contribution in [0.25, 0.3) is 0 Å². The lowest BCUT2D eigenvalue weighted by Crippen LogP contribution is -2.30. The van der Waals surface area contributed by atoms with E-state index in [9.17, 15) is 4.79 Å². The van der Waals surface area contributed by atoms with Gasteiger partial charge in [0.2, 0.25) is 0 Å². The van der Waals surface area contributed by atoms with Crippen molar-refractivity contribution in [1.82, 2.24) is 9.88 Å². The number of nitrogens with one attached hydrogen (secondary N) is 1. The number of nitrogens with zero attached hydrogens (tertiary/aromatic N) is 2. The fraction of sp³-hybridized carbons (Fsp3) is 0.231. The summed E-state index contributed by atoms with van der Waals surface area (Å²) < 4.78 is 0. The topological polar surface area (TPSA) is 71.2 Å². The smallest absolute Gasteiger partial charge is 0.321 e. The number of carbonyl (C=O) groups is 1. The largest absolute Gasteiger partial charge is 0.399 e. The van der Waals surface area contributed by atoms with E-state index in [-0.39, 0.29) is 6.03 Å². The third-order valence-corrected chi connectivity index (χ3v) is 3.63. The predicted molar refractivity (Wildman–Crippen MR) is 78.2 cm³/mol. The van der Waals surface area contributed by atoms with Crippen LogP contribution in [0.1, 0.15) is 10.6 Å². The Balaban J connectivity index is 1.98. The number of aryl methyl sites for hydroxylation is 1. The van der Waals surface area contributed by atoms with Crippen LogP contribution in [0.5, 0.6) is 0 Å². The van der Waals surface area contributed by atoms with Gasteiger partial charge >= 0.3 is 6.03 Å². The maximum absolute atomic E-state index is 12.0. The molecule has 0 bridgehead atoms. The number of benzene rings is 1. The van der Waals surface area contributed by atoms with Crippen molar-refractivity contribution in [3.05, 3.63) is 40.3 Å². The molecule has 0 aliphatic carbocycles. The highest BCUT2D eigenvalue weighted by molar-refractivity contribution is 7.09. The molecule has 2 amide bonds. The molecule has 0 spiro atoms. The summed E-state index contributed by atoms with van der Waals surface area (Å²) in [5, 5.41) is 2.81. The summed E-state index contributed by atoms with van der Waals surface area (Å²) in [6.45, 7) is 2.49. The fourth-order valence-corrected chi connectivity index (χ4v) is 2.43. The summed E-state index contributed by atoms with van der Waals surface area (Å²) >= 11 is 1.55. The minimum Gasteiger partial charge on any atom is -0.399 e. The van der Waals surface area contributed by atoms with E-state index in [1.165, 1.54) is 0 Å². The Morgan fingerprint density at radius 3 is 2.95 bits per heavy atom. The van der Waals surface area contributed by atoms with Gasteiger partial charge in [-0.05, 0) is 25.1 Å². The molecule has 2 rings (SSSR count). The highest BCUT2D eigenvalue weighted by atomic mass is 32.1. The van der Waals surface area contributed by atoms with Gasteiger partial charge in [-0.1, -0.05) is 6.07 Å². The van der Waals surface area contributed by atoms with E-state index in [0.717, 1.165) is 10.6 Å². The van der Waals surface area contributed by atoms with Gasteiger partial charge in [-0.3, -0.25) is 0 Å². The fourth-order valence-electron chi connectivity index (χ4n) is 1.60. The van der Waals surface area contributed by atoms with Gasteiger partial charge < -0.3 is 16.0 Å². The quantitative estimate of drug-likeness (QED) is 0.847. The molecule has 100 valence electrons. The minimum atomic E-state index is -0.168. The molecular formula is C13H16N4OS. The molecule has 5 nitrogen and oxygen atoms in total. The summed E-state index contributed by atoms with van der Waals surface area (Å²) in [6, 6.07) is 6.95. The van der Waals surface area contributed by atoms with Crippen LogP contribution >= 0.6 is 11.3 Å². The van der Waals surface area contributed by atoms with Gasteiger partial charge in [0, 0.05) is 23.3 Å². The second kappa shape index (κ2) is 5.71. The van der Waals surface area contributed by atoms with Crippen molar-refractivity contribution in [3.63, 3.8) is 0 Å². The maximum Gasteiger partial charge on any atom is 0.321 e. The molecular weight excluding hydrogens is 260 g/mol. The van der Waals surface area contributed by atoms with Gasteiger partial charge in [0.15, 0.2) is 0 Å². The van der Waals surface area contributed by atoms with E-state index >= 15 is 0 Å². The standard InChI is InChI=1S/C13H16N4OS/c1-9-12(19-8-15-9)7-17(2)13(18)16-11-5-3-4-10(14)6-11/h3-6,8H,7,14H2,1-2H3,(H,16,18). The molecule has 0 saturated heterocycles. The zero-order chi connectivity index (χ0) is 13.8. The highest BCUT2D eigenvalue weighted by Crippen LogP contribution is 2.16. The molecule has 0 aliphatic rings. The molecule has 2 aromatic rings. The third-order valence-electron chi connectivity index (χ3n) is 2.71. The van der Waals surface area contributed by atoms with Gasteiger partial charge in [-0.15, -0.1) is 11.3 Å². The van der Waals surface area contributed by atoms with Crippen LogP contribution in [0.4, 0.5) is 16.2 Å². The van der Waals surface area contributed by atoms with E-state index in [0.29, 0.717) is 17.9 Å². The number of anilines is 2. The number of amides is 2. The molecule has 0 aliphatic heterocycles. The Hall–Kier alpha value is -2.08. The second-order valence-corrected chi connectivity index (χ2v) is 5.21. The zero-order valence-corrected chi connectivity index (χ0v) is 11.7. The number of aromatic nitrogens is 1. The number of hydrogen-bond acceptors (Lipinski definition) is 4. The van der Waals surface area contributed by atoms with Crippen LogP contribution in [0, 0.1) is 6.92 Å². The summed E-state index contributed by atoms with van der Waals surface area (Å²) in [4.78, 5) is 18.9. The molecule has 0 radical (unpaired) electrons. The predicted octanol–water partition coefficient (Wildman–Crippen LogP) is 2.70. The third kappa shape index (κ3) is 3.45. The molecule has 0 atom stereocenters. The first-order chi connectivity index (χ1) is 9.06. The Morgan fingerprint density at radius 2 is 2.32 bits per heavy atom. The average Bonchev–Trinajstić information content (AvgIpc) is 2.75. The van der Waals surface area contributed by atoms with Crippen molar-refractivity contribution in [1.29, 1.82) is 0 Å². The van der Waals surface area contributed by atoms with Crippen molar-refractivity contribution >= 4 is 28.7 Å².